The van der Waals surface area contributed by atoms with Crippen LogP contribution in [0.1, 0.15) is 5.56 Å². The number of hydrogen-bond acceptors (Lipinski definition) is 1. The van der Waals surface area contributed by atoms with Gasteiger partial charge in [-0.05, 0) is 16.7 Å². The van der Waals surface area contributed by atoms with Crippen LogP contribution in [0, 0.1) is 0 Å². The Morgan fingerprint density at radius 1 is 1.20 bits per heavy atom. The molecule has 0 saturated carbocycles. The summed E-state index contributed by atoms with van der Waals surface area (Å²) in [4.78, 5) is 13.9. The highest BCUT2D eigenvalue weighted by molar-refractivity contribution is 9.08. The summed E-state index contributed by atoms with van der Waals surface area (Å²) >= 11 is 3.41. The summed E-state index contributed by atoms with van der Waals surface area (Å²) in [6.07, 6.45) is 1.75. The van der Waals surface area contributed by atoms with Crippen LogP contribution in [0.2, 0.25) is 0 Å². The quantitative estimate of drug-likeness (QED) is 0.831. The average molecular weight is 264 g/mol. The lowest BCUT2D eigenvalue weighted by atomic mass is 10.0. The molecule has 2 rings (SSSR count). The SMILES string of the molecule is O=c1cc(-c2ccccc2)c(CBr)c[nH]1. The fraction of sp³-hybridized carbons (Fsp3) is 0.0833. The number of rotatable bonds is 2. The van der Waals surface area contributed by atoms with Gasteiger partial charge in [-0.2, -0.15) is 0 Å². The first-order valence-corrected chi connectivity index (χ1v) is 5.76. The molecule has 0 spiro atoms. The van der Waals surface area contributed by atoms with Crippen molar-refractivity contribution >= 4 is 15.9 Å². The number of aromatic nitrogens is 1. The van der Waals surface area contributed by atoms with Gasteiger partial charge in [-0.25, -0.2) is 0 Å². The number of benzene rings is 1. The van der Waals surface area contributed by atoms with E-state index in [4.69, 9.17) is 0 Å². The lowest BCUT2D eigenvalue weighted by molar-refractivity contribution is 1.19. The molecule has 2 aromatic rings. The Balaban J connectivity index is 2.61. The van der Waals surface area contributed by atoms with E-state index in [1.807, 2.05) is 30.3 Å². The van der Waals surface area contributed by atoms with Crippen LogP contribution in [-0.2, 0) is 5.33 Å². The molecule has 0 aliphatic heterocycles. The molecule has 0 unspecified atom stereocenters. The van der Waals surface area contributed by atoms with Crippen LogP contribution in [0.3, 0.4) is 0 Å². The minimum absolute atomic E-state index is 0.0708. The van der Waals surface area contributed by atoms with Crippen molar-refractivity contribution in [3.05, 3.63) is 58.5 Å². The Bertz CT molecular complexity index is 505. The van der Waals surface area contributed by atoms with Crippen molar-refractivity contribution in [2.24, 2.45) is 0 Å². The van der Waals surface area contributed by atoms with E-state index in [1.54, 1.807) is 12.3 Å². The number of H-pyrrole nitrogens is 1. The van der Waals surface area contributed by atoms with E-state index in [0.717, 1.165) is 22.0 Å². The molecule has 1 N–H and O–H groups in total. The molecule has 0 aliphatic carbocycles. The van der Waals surface area contributed by atoms with Crippen LogP contribution in [0.4, 0.5) is 0 Å². The highest BCUT2D eigenvalue weighted by Gasteiger charge is 2.04. The maximum Gasteiger partial charge on any atom is 0.248 e. The first kappa shape index (κ1) is 10.2. The van der Waals surface area contributed by atoms with E-state index >= 15 is 0 Å². The van der Waals surface area contributed by atoms with Gasteiger partial charge in [-0.1, -0.05) is 46.3 Å². The van der Waals surface area contributed by atoms with Gasteiger partial charge in [0.05, 0.1) is 0 Å². The standard InChI is InChI=1S/C12H10BrNO/c13-7-10-8-14-12(15)6-11(10)9-4-2-1-3-5-9/h1-6,8H,7H2,(H,14,15). The third kappa shape index (κ3) is 2.18. The van der Waals surface area contributed by atoms with Crippen molar-refractivity contribution in [3.8, 4) is 11.1 Å². The van der Waals surface area contributed by atoms with Crippen LogP contribution in [0.25, 0.3) is 11.1 Å². The summed E-state index contributed by atoms with van der Waals surface area (Å²) in [7, 11) is 0. The van der Waals surface area contributed by atoms with Gasteiger partial charge < -0.3 is 4.98 Å². The molecule has 0 bridgehead atoms. The predicted molar refractivity (Wildman–Crippen MR) is 65.1 cm³/mol. The highest BCUT2D eigenvalue weighted by Crippen LogP contribution is 2.22. The molecule has 0 atom stereocenters. The van der Waals surface area contributed by atoms with Gasteiger partial charge in [0.25, 0.3) is 0 Å². The summed E-state index contributed by atoms with van der Waals surface area (Å²) in [5.74, 6) is 0. The smallest absolute Gasteiger partial charge is 0.248 e. The van der Waals surface area contributed by atoms with Crippen molar-refractivity contribution < 1.29 is 0 Å². The van der Waals surface area contributed by atoms with Gasteiger partial charge in [0.2, 0.25) is 5.56 Å². The van der Waals surface area contributed by atoms with Gasteiger partial charge in [-0.15, -0.1) is 0 Å². The first-order chi connectivity index (χ1) is 7.31. The van der Waals surface area contributed by atoms with Crippen LogP contribution >= 0.6 is 15.9 Å². The molecule has 2 nitrogen and oxygen atoms in total. The second-order valence-corrected chi connectivity index (χ2v) is 3.80. The Kier molecular flexibility index (Phi) is 3.02. The first-order valence-electron chi connectivity index (χ1n) is 4.64. The van der Waals surface area contributed by atoms with E-state index in [-0.39, 0.29) is 5.56 Å². The third-order valence-electron chi connectivity index (χ3n) is 2.24. The summed E-state index contributed by atoms with van der Waals surface area (Å²) in [5.41, 5.74) is 3.06. The lowest BCUT2D eigenvalue weighted by Crippen LogP contribution is -2.05. The molecule has 0 radical (unpaired) electrons. The van der Waals surface area contributed by atoms with Crippen molar-refractivity contribution in [3.63, 3.8) is 0 Å². The Labute approximate surface area is 96.1 Å². The Morgan fingerprint density at radius 2 is 1.93 bits per heavy atom. The molecule has 15 heavy (non-hydrogen) atoms. The average Bonchev–Trinajstić information content (AvgIpc) is 2.30. The van der Waals surface area contributed by atoms with E-state index in [9.17, 15) is 4.79 Å². The summed E-state index contributed by atoms with van der Waals surface area (Å²) < 4.78 is 0. The Morgan fingerprint density at radius 3 is 2.60 bits per heavy atom. The number of aromatic amines is 1. The zero-order chi connectivity index (χ0) is 10.7. The molecule has 0 amide bonds. The van der Waals surface area contributed by atoms with E-state index in [1.165, 1.54) is 0 Å². The molecule has 1 heterocycles. The van der Waals surface area contributed by atoms with Crippen LogP contribution in [-0.4, -0.2) is 4.98 Å². The van der Waals surface area contributed by atoms with Gasteiger partial charge in [0.1, 0.15) is 0 Å². The van der Waals surface area contributed by atoms with E-state index in [0.29, 0.717) is 0 Å². The molecule has 1 aromatic heterocycles. The molecule has 3 heteroatoms. The van der Waals surface area contributed by atoms with Crippen molar-refractivity contribution in [1.29, 1.82) is 0 Å². The van der Waals surface area contributed by atoms with Crippen LogP contribution in [0.15, 0.2) is 47.4 Å². The largest absolute Gasteiger partial charge is 0.329 e. The van der Waals surface area contributed by atoms with Crippen LogP contribution in [0.5, 0.6) is 0 Å². The normalized spacial score (nSPS) is 10.2. The number of hydrogen-bond donors (Lipinski definition) is 1. The van der Waals surface area contributed by atoms with Crippen molar-refractivity contribution in [2.45, 2.75) is 5.33 Å². The van der Waals surface area contributed by atoms with E-state index in [2.05, 4.69) is 20.9 Å². The van der Waals surface area contributed by atoms with Crippen molar-refractivity contribution in [1.82, 2.24) is 4.98 Å². The van der Waals surface area contributed by atoms with Gasteiger partial charge >= 0.3 is 0 Å². The molecule has 0 fully saturated rings. The molecule has 0 aliphatic rings. The van der Waals surface area contributed by atoms with Gasteiger partial charge in [0.15, 0.2) is 0 Å². The lowest BCUT2D eigenvalue weighted by Gasteiger charge is -2.05. The summed E-state index contributed by atoms with van der Waals surface area (Å²) in [5, 5.41) is 0.730. The predicted octanol–water partition coefficient (Wildman–Crippen LogP) is 2.94. The zero-order valence-corrected chi connectivity index (χ0v) is 9.62. The summed E-state index contributed by atoms with van der Waals surface area (Å²) in [6.45, 7) is 0. The fourth-order valence-electron chi connectivity index (χ4n) is 1.50. The van der Waals surface area contributed by atoms with Gasteiger partial charge in [0, 0.05) is 17.6 Å². The minimum atomic E-state index is -0.0708. The van der Waals surface area contributed by atoms with Crippen molar-refractivity contribution in [2.75, 3.05) is 0 Å². The molecular weight excluding hydrogens is 254 g/mol. The maximum absolute atomic E-state index is 11.3. The monoisotopic (exact) mass is 263 g/mol. The van der Waals surface area contributed by atoms with E-state index < -0.39 is 0 Å². The van der Waals surface area contributed by atoms with Crippen LogP contribution < -0.4 is 5.56 Å². The highest BCUT2D eigenvalue weighted by atomic mass is 79.9. The maximum atomic E-state index is 11.3. The molecular formula is C12H10BrNO. The number of halogens is 1. The molecule has 0 saturated heterocycles. The fourth-order valence-corrected chi connectivity index (χ4v) is 1.96. The summed E-state index contributed by atoms with van der Waals surface area (Å²) in [6, 6.07) is 11.5. The third-order valence-corrected chi connectivity index (χ3v) is 2.84. The number of pyridine rings is 1. The second kappa shape index (κ2) is 4.45. The van der Waals surface area contributed by atoms with Gasteiger partial charge in [-0.3, -0.25) is 4.79 Å². The zero-order valence-electron chi connectivity index (χ0n) is 8.03. The number of nitrogens with one attached hydrogen (secondary N) is 1. The molecule has 1 aromatic carbocycles. The second-order valence-electron chi connectivity index (χ2n) is 3.24. The molecule has 76 valence electrons. The number of alkyl halides is 1. The Hall–Kier alpha value is -1.35. The minimum Gasteiger partial charge on any atom is -0.329 e. The topological polar surface area (TPSA) is 32.9 Å².